The number of esters is 1. The highest BCUT2D eigenvalue weighted by Gasteiger charge is 2.34. The topological polar surface area (TPSA) is 94.4 Å². The Morgan fingerprint density at radius 3 is 2.48 bits per heavy atom. The third-order valence-electron chi connectivity index (χ3n) is 5.58. The second-order valence-electron chi connectivity index (χ2n) is 8.28. The Kier molecular flexibility index (Phi) is 9.63. The number of ether oxygens (including phenoxy) is 3. The molecule has 3 aromatic carbocycles. The van der Waals surface area contributed by atoms with Gasteiger partial charge in [-0.25, -0.2) is 14.2 Å². The van der Waals surface area contributed by atoms with Crippen LogP contribution in [0.5, 0.6) is 11.5 Å². The summed E-state index contributed by atoms with van der Waals surface area (Å²) >= 11 is 7.08. The predicted octanol–water partition coefficient (Wildman–Crippen LogP) is 7.16. The number of rotatable bonds is 9. The number of carbonyl (C=O) groups excluding carboxylic acids is 2. The maximum absolute atomic E-state index is 14.0. The average molecular weight is 582 g/mol. The minimum Gasteiger partial charge on any atom is -0.506 e. The summed E-state index contributed by atoms with van der Waals surface area (Å²) in [6, 6.07) is 17.8. The van der Waals surface area contributed by atoms with Crippen molar-refractivity contribution >= 4 is 46.4 Å². The van der Waals surface area contributed by atoms with E-state index in [0.717, 1.165) is 11.8 Å². The Hall–Kier alpha value is -4.08. The zero-order chi connectivity index (χ0) is 28.6. The van der Waals surface area contributed by atoms with Crippen molar-refractivity contribution < 1.29 is 33.3 Å². The number of nitrogens with zero attached hydrogens (tertiary/aromatic N) is 1. The normalized spacial score (nSPS) is 15.0. The minimum absolute atomic E-state index is 0.00868. The molecule has 10 heteroatoms. The summed E-state index contributed by atoms with van der Waals surface area (Å²) in [6.45, 7) is 3.87. The highest BCUT2D eigenvalue weighted by Crippen LogP contribution is 2.40. The molecule has 40 heavy (non-hydrogen) atoms. The van der Waals surface area contributed by atoms with Crippen LogP contribution in [-0.2, 0) is 16.1 Å². The average Bonchev–Trinajstić information content (AvgIpc) is 3.23. The molecule has 0 unspecified atom stereocenters. The number of aliphatic hydroxyl groups is 1. The SMILES string of the molecule is CCOC(=O)C1=C(O)/C(=C/c2ccc(OCc3ccccc3F)c(OCC)c2)SC1=NC(=O)c1ccccc1Cl. The number of carbonyl (C=O) groups is 2. The van der Waals surface area contributed by atoms with E-state index in [1.54, 1.807) is 67.6 Å². The molecular formula is C30H25ClFNO6S. The van der Waals surface area contributed by atoms with Crippen molar-refractivity contribution in [3.05, 3.63) is 110 Å². The summed E-state index contributed by atoms with van der Waals surface area (Å²) in [7, 11) is 0. The number of aliphatic hydroxyl groups excluding tert-OH is 1. The van der Waals surface area contributed by atoms with Crippen molar-refractivity contribution in [2.75, 3.05) is 13.2 Å². The molecule has 3 aromatic rings. The van der Waals surface area contributed by atoms with Gasteiger partial charge in [0.15, 0.2) is 11.5 Å². The highest BCUT2D eigenvalue weighted by molar-refractivity contribution is 8.18. The van der Waals surface area contributed by atoms with E-state index < -0.39 is 11.9 Å². The summed E-state index contributed by atoms with van der Waals surface area (Å²) < 4.78 is 30.7. The van der Waals surface area contributed by atoms with E-state index >= 15 is 0 Å². The maximum Gasteiger partial charge on any atom is 0.344 e. The molecule has 7 nitrogen and oxygen atoms in total. The van der Waals surface area contributed by atoms with Gasteiger partial charge in [0, 0.05) is 5.56 Å². The molecule has 1 aliphatic heterocycles. The smallest absolute Gasteiger partial charge is 0.344 e. The number of amides is 1. The molecule has 4 rings (SSSR count). The molecule has 0 aliphatic carbocycles. The molecule has 0 aromatic heterocycles. The Bertz CT molecular complexity index is 1530. The molecule has 1 N–H and O–H groups in total. The van der Waals surface area contributed by atoms with E-state index in [9.17, 15) is 19.1 Å². The third-order valence-corrected chi connectivity index (χ3v) is 6.93. The van der Waals surface area contributed by atoms with E-state index in [1.807, 2.05) is 6.92 Å². The molecule has 0 spiro atoms. The quantitative estimate of drug-likeness (QED) is 0.268. The van der Waals surface area contributed by atoms with Crippen molar-refractivity contribution in [2.45, 2.75) is 20.5 Å². The molecule has 0 atom stereocenters. The van der Waals surface area contributed by atoms with Crippen LogP contribution < -0.4 is 9.47 Å². The van der Waals surface area contributed by atoms with E-state index in [2.05, 4.69) is 4.99 Å². The Balaban J connectivity index is 1.65. The second kappa shape index (κ2) is 13.3. The van der Waals surface area contributed by atoms with E-state index in [1.165, 1.54) is 12.1 Å². The second-order valence-corrected chi connectivity index (χ2v) is 9.71. The number of hydrogen-bond donors (Lipinski definition) is 1. The number of benzene rings is 3. The van der Waals surface area contributed by atoms with Gasteiger partial charge >= 0.3 is 5.97 Å². The van der Waals surface area contributed by atoms with Gasteiger partial charge in [0.2, 0.25) is 0 Å². The van der Waals surface area contributed by atoms with Crippen LogP contribution in [0, 0.1) is 5.82 Å². The first kappa shape index (κ1) is 28.9. The first-order valence-corrected chi connectivity index (χ1v) is 13.5. The number of aliphatic imine (C=N–C) groups is 1. The Morgan fingerprint density at radius 2 is 1.75 bits per heavy atom. The fourth-order valence-electron chi connectivity index (χ4n) is 3.70. The van der Waals surface area contributed by atoms with Crippen molar-refractivity contribution in [2.24, 2.45) is 4.99 Å². The molecular weight excluding hydrogens is 557 g/mol. The van der Waals surface area contributed by atoms with Gasteiger partial charge in [-0.15, -0.1) is 0 Å². The van der Waals surface area contributed by atoms with Crippen molar-refractivity contribution in [1.82, 2.24) is 0 Å². The van der Waals surface area contributed by atoms with Gasteiger partial charge in [-0.2, -0.15) is 0 Å². The Labute approximate surface area is 239 Å². The number of thioether (sulfide) groups is 1. The fraction of sp³-hybridized carbons (Fsp3) is 0.167. The predicted molar refractivity (Wildman–Crippen MR) is 153 cm³/mol. The first-order valence-electron chi connectivity index (χ1n) is 12.3. The summed E-state index contributed by atoms with van der Waals surface area (Å²) in [5.74, 6) is -1.40. The largest absolute Gasteiger partial charge is 0.506 e. The summed E-state index contributed by atoms with van der Waals surface area (Å²) in [5, 5.41) is 11.2. The van der Waals surface area contributed by atoms with Crippen LogP contribution in [0.3, 0.4) is 0 Å². The van der Waals surface area contributed by atoms with Gasteiger partial charge in [0.05, 0.1) is 28.7 Å². The monoisotopic (exact) mass is 581 g/mol. The molecule has 0 fully saturated rings. The van der Waals surface area contributed by atoms with Crippen LogP contribution in [0.4, 0.5) is 4.39 Å². The molecule has 0 saturated heterocycles. The van der Waals surface area contributed by atoms with Crippen LogP contribution in [0.2, 0.25) is 5.02 Å². The number of halogens is 2. The lowest BCUT2D eigenvalue weighted by molar-refractivity contribution is -0.138. The lowest BCUT2D eigenvalue weighted by atomic mass is 10.1. The highest BCUT2D eigenvalue weighted by atomic mass is 35.5. The molecule has 0 radical (unpaired) electrons. The molecule has 1 amide bonds. The third kappa shape index (κ3) is 6.73. The summed E-state index contributed by atoms with van der Waals surface area (Å²) in [6.07, 6.45) is 1.62. The molecule has 0 saturated carbocycles. The van der Waals surface area contributed by atoms with Gasteiger partial charge in [-0.3, -0.25) is 4.79 Å². The van der Waals surface area contributed by atoms with Crippen LogP contribution >= 0.6 is 23.4 Å². The zero-order valence-corrected chi connectivity index (χ0v) is 23.2. The summed E-state index contributed by atoms with van der Waals surface area (Å²) in [5.41, 5.74) is 0.953. The lowest BCUT2D eigenvalue weighted by Gasteiger charge is -2.13. The summed E-state index contributed by atoms with van der Waals surface area (Å²) in [4.78, 5) is 29.9. The van der Waals surface area contributed by atoms with Crippen molar-refractivity contribution in [1.29, 1.82) is 0 Å². The fourth-order valence-corrected chi connectivity index (χ4v) is 4.93. The molecule has 206 valence electrons. The van der Waals surface area contributed by atoms with Crippen LogP contribution in [0.1, 0.15) is 35.3 Å². The molecule has 1 aliphatic rings. The van der Waals surface area contributed by atoms with Crippen LogP contribution in [-0.4, -0.2) is 35.2 Å². The van der Waals surface area contributed by atoms with Crippen molar-refractivity contribution in [3.63, 3.8) is 0 Å². The number of hydrogen-bond acceptors (Lipinski definition) is 7. The minimum atomic E-state index is -0.812. The van der Waals surface area contributed by atoms with Gasteiger partial charge in [-0.05, 0) is 55.8 Å². The van der Waals surface area contributed by atoms with Gasteiger partial charge in [0.25, 0.3) is 5.91 Å². The molecule has 1 heterocycles. The van der Waals surface area contributed by atoms with Crippen LogP contribution in [0.15, 0.2) is 88.0 Å². The standard InChI is InChI=1S/C30H25ClFNO6S/c1-3-37-24-15-18(13-14-23(24)39-17-19-9-5-8-12-22(19)32)16-25-27(34)26(30(36)38-4-2)29(40-25)33-28(35)20-10-6-7-11-21(20)31/h5-16,34H,3-4,17H2,1-2H3/b25-16-,33-29?. The lowest BCUT2D eigenvalue weighted by Crippen LogP contribution is -2.14. The van der Waals surface area contributed by atoms with E-state index in [4.69, 9.17) is 25.8 Å². The van der Waals surface area contributed by atoms with Crippen molar-refractivity contribution in [3.8, 4) is 11.5 Å². The van der Waals surface area contributed by atoms with Gasteiger partial charge < -0.3 is 19.3 Å². The van der Waals surface area contributed by atoms with Gasteiger partial charge in [-0.1, -0.05) is 59.8 Å². The van der Waals surface area contributed by atoms with Crippen LogP contribution in [0.25, 0.3) is 6.08 Å². The molecule has 0 bridgehead atoms. The Morgan fingerprint density at radius 1 is 1.00 bits per heavy atom. The first-order chi connectivity index (χ1) is 19.3. The van der Waals surface area contributed by atoms with Gasteiger partial charge in [0.1, 0.15) is 28.8 Å². The maximum atomic E-state index is 14.0. The van der Waals surface area contributed by atoms with E-state index in [-0.39, 0.29) is 50.9 Å². The zero-order valence-electron chi connectivity index (χ0n) is 21.6. The van der Waals surface area contributed by atoms with E-state index in [0.29, 0.717) is 29.2 Å².